The maximum Gasteiger partial charge on any atom is 0.220 e. The van der Waals surface area contributed by atoms with E-state index in [2.05, 4.69) is 16.9 Å². The van der Waals surface area contributed by atoms with Gasteiger partial charge in [-0.25, -0.2) is 9.37 Å². The SMILES string of the molecule is C=CCNC(=O)CCc1ccc2cccc(F)c2n1. The molecule has 3 nitrogen and oxygen atoms in total. The Balaban J connectivity index is 2.07. The highest BCUT2D eigenvalue weighted by atomic mass is 19.1. The first-order chi connectivity index (χ1) is 9.20. The van der Waals surface area contributed by atoms with Crippen molar-refractivity contribution < 1.29 is 9.18 Å². The predicted octanol–water partition coefficient (Wildman–Crippen LogP) is 2.61. The maximum atomic E-state index is 13.6. The summed E-state index contributed by atoms with van der Waals surface area (Å²) in [6.45, 7) is 3.98. The fourth-order valence-electron chi connectivity index (χ4n) is 1.81. The van der Waals surface area contributed by atoms with Crippen LogP contribution < -0.4 is 5.32 Å². The monoisotopic (exact) mass is 258 g/mol. The standard InChI is InChI=1S/C15H15FN2O/c1-2-10-17-14(19)9-8-12-7-6-11-4-3-5-13(16)15(11)18-12/h2-7H,1,8-10H2,(H,17,19). The molecule has 98 valence electrons. The largest absolute Gasteiger partial charge is 0.353 e. The summed E-state index contributed by atoms with van der Waals surface area (Å²) in [6, 6.07) is 8.49. The number of fused-ring (bicyclic) bond motifs is 1. The zero-order valence-corrected chi connectivity index (χ0v) is 10.5. The maximum absolute atomic E-state index is 13.6. The third-order valence-corrected chi connectivity index (χ3v) is 2.78. The quantitative estimate of drug-likeness (QED) is 0.838. The summed E-state index contributed by atoms with van der Waals surface area (Å²) in [6.07, 6.45) is 2.45. The fraction of sp³-hybridized carbons (Fsp3) is 0.200. The smallest absolute Gasteiger partial charge is 0.220 e. The molecule has 0 radical (unpaired) electrons. The van der Waals surface area contributed by atoms with Gasteiger partial charge in [-0.1, -0.05) is 24.3 Å². The van der Waals surface area contributed by atoms with Crippen molar-refractivity contribution >= 4 is 16.8 Å². The lowest BCUT2D eigenvalue weighted by Crippen LogP contribution is -2.23. The Hall–Kier alpha value is -2.23. The van der Waals surface area contributed by atoms with E-state index in [1.54, 1.807) is 12.1 Å². The number of nitrogens with zero attached hydrogens (tertiary/aromatic N) is 1. The van der Waals surface area contributed by atoms with Crippen molar-refractivity contribution in [2.24, 2.45) is 0 Å². The molecular formula is C15H15FN2O. The van der Waals surface area contributed by atoms with E-state index in [0.717, 1.165) is 5.39 Å². The molecule has 0 unspecified atom stereocenters. The van der Waals surface area contributed by atoms with Gasteiger partial charge < -0.3 is 5.32 Å². The van der Waals surface area contributed by atoms with Gasteiger partial charge in [0.25, 0.3) is 0 Å². The second kappa shape index (κ2) is 6.09. The minimum absolute atomic E-state index is 0.0599. The first-order valence-corrected chi connectivity index (χ1v) is 6.12. The van der Waals surface area contributed by atoms with Crippen molar-refractivity contribution in [3.63, 3.8) is 0 Å². The molecule has 1 heterocycles. The molecule has 2 aromatic rings. The summed E-state index contributed by atoms with van der Waals surface area (Å²) in [5, 5.41) is 3.46. The molecule has 0 aliphatic heterocycles. The third-order valence-electron chi connectivity index (χ3n) is 2.78. The van der Waals surface area contributed by atoms with Crippen LogP contribution in [-0.2, 0) is 11.2 Å². The van der Waals surface area contributed by atoms with Gasteiger partial charge in [-0.2, -0.15) is 0 Å². The van der Waals surface area contributed by atoms with Crippen molar-refractivity contribution in [3.05, 3.63) is 54.5 Å². The molecule has 0 aliphatic rings. The molecule has 0 saturated carbocycles. The topological polar surface area (TPSA) is 42.0 Å². The summed E-state index contributed by atoms with van der Waals surface area (Å²) in [4.78, 5) is 15.7. The average molecular weight is 258 g/mol. The summed E-state index contributed by atoms with van der Waals surface area (Å²) in [7, 11) is 0. The molecule has 0 atom stereocenters. The first-order valence-electron chi connectivity index (χ1n) is 6.12. The molecule has 1 aromatic heterocycles. The number of amides is 1. The number of para-hydroxylation sites is 1. The van der Waals surface area contributed by atoms with Gasteiger partial charge in [0.2, 0.25) is 5.91 Å². The summed E-state index contributed by atoms with van der Waals surface area (Å²) in [5.41, 5.74) is 1.07. The van der Waals surface area contributed by atoms with Gasteiger partial charge in [-0.05, 0) is 18.6 Å². The van der Waals surface area contributed by atoms with Crippen molar-refractivity contribution in [3.8, 4) is 0 Å². The number of aryl methyl sites for hydroxylation is 1. The van der Waals surface area contributed by atoms with Crippen LogP contribution in [0.4, 0.5) is 4.39 Å². The van der Waals surface area contributed by atoms with Crippen molar-refractivity contribution in [2.45, 2.75) is 12.8 Å². The lowest BCUT2D eigenvalue weighted by Gasteiger charge is -2.04. The minimum Gasteiger partial charge on any atom is -0.353 e. The van der Waals surface area contributed by atoms with Gasteiger partial charge in [0.15, 0.2) is 0 Å². The van der Waals surface area contributed by atoms with E-state index in [1.165, 1.54) is 6.07 Å². The highest BCUT2D eigenvalue weighted by molar-refractivity contribution is 5.79. The van der Waals surface area contributed by atoms with E-state index < -0.39 is 0 Å². The molecule has 1 aromatic carbocycles. The Kier molecular flexibility index (Phi) is 4.23. The second-order valence-corrected chi connectivity index (χ2v) is 4.21. The second-order valence-electron chi connectivity index (χ2n) is 4.21. The Morgan fingerprint density at radius 3 is 3.00 bits per heavy atom. The van der Waals surface area contributed by atoms with E-state index in [1.807, 2.05) is 18.2 Å². The number of nitrogens with one attached hydrogen (secondary N) is 1. The highest BCUT2D eigenvalue weighted by Crippen LogP contribution is 2.16. The fourth-order valence-corrected chi connectivity index (χ4v) is 1.81. The zero-order chi connectivity index (χ0) is 13.7. The van der Waals surface area contributed by atoms with Gasteiger partial charge in [0, 0.05) is 24.0 Å². The van der Waals surface area contributed by atoms with Gasteiger partial charge in [0.05, 0.1) is 0 Å². The van der Waals surface area contributed by atoms with Crippen LogP contribution in [0.1, 0.15) is 12.1 Å². The normalized spacial score (nSPS) is 10.4. The number of halogens is 1. The molecule has 0 saturated heterocycles. The van der Waals surface area contributed by atoms with Crippen LogP contribution in [0.2, 0.25) is 0 Å². The number of pyridine rings is 1. The van der Waals surface area contributed by atoms with Crippen LogP contribution in [-0.4, -0.2) is 17.4 Å². The van der Waals surface area contributed by atoms with Crippen molar-refractivity contribution in [1.82, 2.24) is 10.3 Å². The number of carbonyl (C=O) groups is 1. The molecule has 0 spiro atoms. The van der Waals surface area contributed by atoms with Crippen molar-refractivity contribution in [1.29, 1.82) is 0 Å². The Labute approximate surface area is 111 Å². The Bertz CT molecular complexity index is 610. The molecular weight excluding hydrogens is 243 g/mol. The van der Waals surface area contributed by atoms with E-state index in [-0.39, 0.29) is 11.7 Å². The molecule has 4 heteroatoms. The molecule has 0 aliphatic carbocycles. The molecule has 2 rings (SSSR count). The predicted molar refractivity (Wildman–Crippen MR) is 73.2 cm³/mol. The lowest BCUT2D eigenvalue weighted by molar-refractivity contribution is -0.120. The van der Waals surface area contributed by atoms with E-state index in [9.17, 15) is 9.18 Å². The minimum atomic E-state index is -0.338. The van der Waals surface area contributed by atoms with Crippen LogP contribution in [0.3, 0.4) is 0 Å². The molecule has 0 fully saturated rings. The number of hydrogen-bond donors (Lipinski definition) is 1. The molecule has 0 bridgehead atoms. The first kappa shape index (κ1) is 13.2. The highest BCUT2D eigenvalue weighted by Gasteiger charge is 2.05. The number of rotatable bonds is 5. The number of carbonyl (C=O) groups excluding carboxylic acids is 1. The summed E-state index contributed by atoms with van der Waals surface area (Å²) < 4.78 is 13.6. The Morgan fingerprint density at radius 2 is 2.21 bits per heavy atom. The van der Waals surface area contributed by atoms with E-state index >= 15 is 0 Å². The van der Waals surface area contributed by atoms with Crippen LogP contribution in [0, 0.1) is 5.82 Å². The van der Waals surface area contributed by atoms with Gasteiger partial charge in [-0.3, -0.25) is 4.79 Å². The van der Waals surface area contributed by atoms with Crippen LogP contribution >= 0.6 is 0 Å². The average Bonchev–Trinajstić information content (AvgIpc) is 2.43. The molecule has 1 N–H and O–H groups in total. The summed E-state index contributed by atoms with van der Waals surface area (Å²) >= 11 is 0. The zero-order valence-electron chi connectivity index (χ0n) is 10.5. The number of aromatic nitrogens is 1. The van der Waals surface area contributed by atoms with E-state index in [0.29, 0.717) is 30.6 Å². The van der Waals surface area contributed by atoms with Gasteiger partial charge >= 0.3 is 0 Å². The lowest BCUT2D eigenvalue weighted by atomic mass is 10.1. The van der Waals surface area contributed by atoms with Crippen LogP contribution in [0.5, 0.6) is 0 Å². The Morgan fingerprint density at radius 1 is 1.37 bits per heavy atom. The number of benzene rings is 1. The van der Waals surface area contributed by atoms with Crippen LogP contribution in [0.15, 0.2) is 43.0 Å². The van der Waals surface area contributed by atoms with Crippen molar-refractivity contribution in [2.75, 3.05) is 6.54 Å². The van der Waals surface area contributed by atoms with Crippen LogP contribution in [0.25, 0.3) is 10.9 Å². The molecule has 1 amide bonds. The van der Waals surface area contributed by atoms with Gasteiger partial charge in [0.1, 0.15) is 11.3 Å². The molecule has 19 heavy (non-hydrogen) atoms. The van der Waals surface area contributed by atoms with E-state index in [4.69, 9.17) is 0 Å². The summed E-state index contributed by atoms with van der Waals surface area (Å²) in [5.74, 6) is -0.397. The number of hydrogen-bond acceptors (Lipinski definition) is 2. The third kappa shape index (κ3) is 3.37. The van der Waals surface area contributed by atoms with Gasteiger partial charge in [-0.15, -0.1) is 6.58 Å².